The summed E-state index contributed by atoms with van der Waals surface area (Å²) in [5.74, 6) is 0.633. The predicted molar refractivity (Wildman–Crippen MR) is 97.1 cm³/mol. The fourth-order valence-electron chi connectivity index (χ4n) is 2.61. The van der Waals surface area contributed by atoms with Crippen molar-refractivity contribution in [2.45, 2.75) is 23.8 Å². The van der Waals surface area contributed by atoms with Crippen molar-refractivity contribution in [2.75, 3.05) is 24.8 Å². The molecule has 0 bridgehead atoms. The smallest absolute Gasteiger partial charge is 0.255 e. The molecule has 1 amide bonds. The second-order valence-electron chi connectivity index (χ2n) is 5.62. The Kier molecular flexibility index (Phi) is 5.77. The first kappa shape index (κ1) is 16.9. The molecule has 1 atom stereocenters. The van der Waals surface area contributed by atoms with Crippen LogP contribution in [0, 0.1) is 0 Å². The van der Waals surface area contributed by atoms with Crippen molar-refractivity contribution in [1.82, 2.24) is 0 Å². The topological polar surface area (TPSA) is 47.6 Å². The largest absolute Gasteiger partial charge is 0.491 e. The van der Waals surface area contributed by atoms with Crippen molar-refractivity contribution in [1.29, 1.82) is 0 Å². The van der Waals surface area contributed by atoms with Crippen LogP contribution in [0.25, 0.3) is 0 Å². The molecule has 1 fully saturated rings. The number of rotatable bonds is 6. The van der Waals surface area contributed by atoms with Gasteiger partial charge in [0.1, 0.15) is 12.4 Å². The number of thioether (sulfide) groups is 1. The van der Waals surface area contributed by atoms with Crippen LogP contribution in [0.3, 0.4) is 0 Å². The molecule has 24 heavy (non-hydrogen) atoms. The van der Waals surface area contributed by atoms with Crippen LogP contribution in [-0.2, 0) is 4.74 Å². The van der Waals surface area contributed by atoms with Crippen LogP contribution in [0.4, 0.5) is 5.69 Å². The third kappa shape index (κ3) is 4.30. The van der Waals surface area contributed by atoms with E-state index in [0.29, 0.717) is 12.2 Å². The van der Waals surface area contributed by atoms with Gasteiger partial charge in [-0.3, -0.25) is 4.79 Å². The zero-order valence-electron chi connectivity index (χ0n) is 13.7. The van der Waals surface area contributed by atoms with Crippen molar-refractivity contribution < 1.29 is 14.3 Å². The molecular formula is C19H21NO3S. The van der Waals surface area contributed by atoms with Gasteiger partial charge in [0.25, 0.3) is 5.91 Å². The molecule has 0 aromatic heterocycles. The quantitative estimate of drug-likeness (QED) is 0.798. The summed E-state index contributed by atoms with van der Waals surface area (Å²) in [5, 5.41) is 2.95. The van der Waals surface area contributed by atoms with Crippen LogP contribution in [0.1, 0.15) is 23.2 Å². The zero-order chi connectivity index (χ0) is 16.8. The summed E-state index contributed by atoms with van der Waals surface area (Å²) in [4.78, 5) is 13.4. The molecule has 5 heteroatoms. The van der Waals surface area contributed by atoms with E-state index in [-0.39, 0.29) is 12.0 Å². The van der Waals surface area contributed by atoms with Gasteiger partial charge in [-0.05, 0) is 55.5 Å². The molecule has 2 aromatic rings. The highest BCUT2D eigenvalue weighted by atomic mass is 32.2. The van der Waals surface area contributed by atoms with E-state index in [0.717, 1.165) is 35.8 Å². The monoisotopic (exact) mass is 343 g/mol. The number of nitrogens with one attached hydrogen (secondary N) is 1. The number of hydrogen-bond donors (Lipinski definition) is 1. The van der Waals surface area contributed by atoms with Gasteiger partial charge in [0.15, 0.2) is 0 Å². The fraction of sp³-hybridized carbons (Fsp3) is 0.316. The van der Waals surface area contributed by atoms with Gasteiger partial charge < -0.3 is 14.8 Å². The van der Waals surface area contributed by atoms with Gasteiger partial charge in [-0.1, -0.05) is 12.1 Å². The Bertz CT molecular complexity index is 681. The molecule has 0 aliphatic carbocycles. The summed E-state index contributed by atoms with van der Waals surface area (Å²) in [7, 11) is 0. The number of carbonyl (C=O) groups is 1. The molecule has 1 heterocycles. The van der Waals surface area contributed by atoms with E-state index in [4.69, 9.17) is 9.47 Å². The maximum atomic E-state index is 12.4. The Hall–Kier alpha value is -1.98. The molecule has 3 rings (SSSR count). The SMILES string of the molecule is CSc1ccccc1NC(=O)c1ccc(OC[C@@H]2CCCO2)cc1. The molecule has 0 spiro atoms. The maximum Gasteiger partial charge on any atom is 0.255 e. The summed E-state index contributed by atoms with van der Waals surface area (Å²) >= 11 is 1.61. The number of anilines is 1. The van der Waals surface area contributed by atoms with Gasteiger partial charge in [-0.2, -0.15) is 0 Å². The summed E-state index contributed by atoms with van der Waals surface area (Å²) in [5.41, 5.74) is 1.43. The lowest BCUT2D eigenvalue weighted by Gasteiger charge is -2.12. The summed E-state index contributed by atoms with van der Waals surface area (Å²) < 4.78 is 11.3. The van der Waals surface area contributed by atoms with Gasteiger partial charge in [0.05, 0.1) is 11.8 Å². The number of carbonyl (C=O) groups excluding carboxylic acids is 1. The number of amides is 1. The minimum Gasteiger partial charge on any atom is -0.491 e. The third-order valence-electron chi connectivity index (χ3n) is 3.93. The van der Waals surface area contributed by atoms with E-state index in [2.05, 4.69) is 5.32 Å². The highest BCUT2D eigenvalue weighted by Gasteiger charge is 2.16. The average molecular weight is 343 g/mol. The highest BCUT2D eigenvalue weighted by Crippen LogP contribution is 2.25. The fourth-order valence-corrected chi connectivity index (χ4v) is 3.16. The van der Waals surface area contributed by atoms with E-state index < -0.39 is 0 Å². The summed E-state index contributed by atoms with van der Waals surface area (Å²) in [6, 6.07) is 15.0. The molecule has 0 saturated carbocycles. The number of ether oxygens (including phenoxy) is 2. The Morgan fingerprint density at radius 2 is 2.04 bits per heavy atom. The lowest BCUT2D eigenvalue weighted by atomic mass is 10.2. The standard InChI is InChI=1S/C19H21NO3S/c1-24-18-7-3-2-6-17(18)20-19(21)14-8-10-15(11-9-14)23-13-16-5-4-12-22-16/h2-3,6-11,16H,4-5,12-13H2,1H3,(H,20,21)/t16-/m0/s1. The van der Waals surface area contributed by atoms with Crippen LogP contribution in [0.5, 0.6) is 5.75 Å². The molecule has 0 unspecified atom stereocenters. The van der Waals surface area contributed by atoms with Gasteiger partial charge in [0.2, 0.25) is 0 Å². The van der Waals surface area contributed by atoms with E-state index >= 15 is 0 Å². The van der Waals surface area contributed by atoms with E-state index in [1.165, 1.54) is 0 Å². The molecule has 4 nitrogen and oxygen atoms in total. The van der Waals surface area contributed by atoms with Crippen LogP contribution in [0.2, 0.25) is 0 Å². The second kappa shape index (κ2) is 8.22. The Balaban J connectivity index is 1.59. The molecule has 126 valence electrons. The average Bonchev–Trinajstić information content (AvgIpc) is 3.14. The van der Waals surface area contributed by atoms with Crippen molar-refractivity contribution >= 4 is 23.4 Å². The van der Waals surface area contributed by atoms with Crippen LogP contribution in [0.15, 0.2) is 53.4 Å². The van der Waals surface area contributed by atoms with Crippen molar-refractivity contribution in [3.63, 3.8) is 0 Å². The molecule has 0 radical (unpaired) electrons. The first-order valence-electron chi connectivity index (χ1n) is 8.05. The zero-order valence-corrected chi connectivity index (χ0v) is 14.5. The van der Waals surface area contributed by atoms with E-state index in [1.807, 2.05) is 42.7 Å². The predicted octanol–water partition coefficient (Wildman–Crippen LogP) is 4.22. The van der Waals surface area contributed by atoms with Gasteiger partial charge in [-0.15, -0.1) is 11.8 Å². The van der Waals surface area contributed by atoms with Crippen LogP contribution < -0.4 is 10.1 Å². The second-order valence-corrected chi connectivity index (χ2v) is 6.47. The Morgan fingerprint density at radius 3 is 2.75 bits per heavy atom. The first-order valence-corrected chi connectivity index (χ1v) is 9.27. The number of para-hydroxylation sites is 1. The lowest BCUT2D eigenvalue weighted by molar-refractivity contribution is 0.0679. The summed E-state index contributed by atoms with van der Waals surface area (Å²) in [6.45, 7) is 1.39. The van der Waals surface area contributed by atoms with Gasteiger partial charge >= 0.3 is 0 Å². The molecule has 1 aliphatic rings. The Labute approximate surface area is 146 Å². The minimum atomic E-state index is -0.123. The van der Waals surface area contributed by atoms with Crippen molar-refractivity contribution in [3.8, 4) is 5.75 Å². The lowest BCUT2D eigenvalue weighted by Crippen LogP contribution is -2.16. The molecule has 1 aliphatic heterocycles. The van der Waals surface area contributed by atoms with Gasteiger partial charge in [0, 0.05) is 17.1 Å². The Morgan fingerprint density at radius 1 is 1.25 bits per heavy atom. The third-order valence-corrected chi connectivity index (χ3v) is 4.73. The molecule has 1 N–H and O–H groups in total. The molecular weight excluding hydrogens is 322 g/mol. The van der Waals surface area contributed by atoms with E-state index in [9.17, 15) is 4.79 Å². The number of hydrogen-bond acceptors (Lipinski definition) is 4. The first-order chi connectivity index (χ1) is 11.8. The van der Waals surface area contributed by atoms with Crippen LogP contribution in [-0.4, -0.2) is 31.5 Å². The van der Waals surface area contributed by atoms with Gasteiger partial charge in [-0.25, -0.2) is 0 Å². The van der Waals surface area contributed by atoms with E-state index in [1.54, 1.807) is 23.9 Å². The van der Waals surface area contributed by atoms with Crippen molar-refractivity contribution in [2.24, 2.45) is 0 Å². The summed E-state index contributed by atoms with van der Waals surface area (Å²) in [6.07, 6.45) is 4.33. The number of benzene rings is 2. The van der Waals surface area contributed by atoms with Crippen LogP contribution >= 0.6 is 11.8 Å². The minimum absolute atomic E-state index is 0.123. The normalized spacial score (nSPS) is 16.8. The van der Waals surface area contributed by atoms with Crippen molar-refractivity contribution in [3.05, 3.63) is 54.1 Å². The highest BCUT2D eigenvalue weighted by molar-refractivity contribution is 7.98. The molecule has 2 aromatic carbocycles. The molecule has 1 saturated heterocycles. The maximum absolute atomic E-state index is 12.4.